The molecule has 0 radical (unpaired) electrons. The summed E-state index contributed by atoms with van der Waals surface area (Å²) in [5.41, 5.74) is 11.5. The lowest BCUT2D eigenvalue weighted by molar-refractivity contribution is 0.592. The van der Waals surface area contributed by atoms with E-state index in [2.05, 4.69) is 164 Å². The Kier molecular flexibility index (Phi) is 7.89. The Bertz CT molecular complexity index is 3460. The molecule has 12 rings (SSSR count). The largest absolute Gasteiger partial charge is 0.309 e. The molecular weight excluding hydrogens is 744 g/mol. The Hall–Kier alpha value is -7.31. The van der Waals surface area contributed by atoms with Gasteiger partial charge in [0.15, 0.2) is 7.14 Å². The maximum absolute atomic E-state index is 16.5. The average molecular weight is 781 g/mol. The minimum Gasteiger partial charge on any atom is -0.309 e. The van der Waals surface area contributed by atoms with Crippen molar-refractivity contribution < 1.29 is 4.57 Å². The van der Waals surface area contributed by atoms with Gasteiger partial charge in [-0.3, -0.25) is 0 Å². The molecule has 1 aliphatic rings. The van der Waals surface area contributed by atoms with Gasteiger partial charge in [-0.2, -0.15) is 0 Å². The van der Waals surface area contributed by atoms with Gasteiger partial charge >= 0.3 is 0 Å². The van der Waals surface area contributed by atoms with E-state index < -0.39 is 7.14 Å². The molecule has 0 unspecified atom stereocenters. The second-order valence-corrected chi connectivity index (χ2v) is 18.5. The topological polar surface area (TPSA) is 17.1 Å². The van der Waals surface area contributed by atoms with Gasteiger partial charge in [-0.15, -0.1) is 0 Å². The number of rotatable bonds is 6. The van der Waals surface area contributed by atoms with Gasteiger partial charge in [-0.25, -0.2) is 0 Å². The van der Waals surface area contributed by atoms with Gasteiger partial charge in [0.05, 0.1) is 0 Å². The molecule has 280 valence electrons. The van der Waals surface area contributed by atoms with Gasteiger partial charge in [-0.1, -0.05) is 212 Å². The van der Waals surface area contributed by atoms with Crippen LogP contribution in [0, 0.1) is 0 Å². The SMILES string of the molecule is O=P(c1ccc(-c2ccc3c(c2)c2ccccc2c2cc4c5c(cccc5c32)-c2ccccc2-4)cc1)(c1ccccc1-c1ccccc1)c1ccccc1-c1ccccc1. The van der Waals surface area contributed by atoms with Gasteiger partial charge in [0.1, 0.15) is 0 Å². The summed E-state index contributed by atoms with van der Waals surface area (Å²) in [5.74, 6) is 0. The molecule has 0 saturated heterocycles. The maximum Gasteiger partial charge on any atom is 0.172 e. The predicted molar refractivity (Wildman–Crippen MR) is 257 cm³/mol. The van der Waals surface area contributed by atoms with E-state index in [4.69, 9.17) is 0 Å². The summed E-state index contributed by atoms with van der Waals surface area (Å²) < 4.78 is 16.5. The van der Waals surface area contributed by atoms with Gasteiger partial charge in [0.2, 0.25) is 0 Å². The molecular formula is C58H37OP. The van der Waals surface area contributed by atoms with Crippen LogP contribution in [0.5, 0.6) is 0 Å². The lowest BCUT2D eigenvalue weighted by Gasteiger charge is -2.25. The van der Waals surface area contributed by atoms with Crippen molar-refractivity contribution in [1.82, 2.24) is 0 Å². The normalized spacial score (nSPS) is 12.1. The van der Waals surface area contributed by atoms with Gasteiger partial charge in [0, 0.05) is 15.9 Å². The molecule has 1 aliphatic carbocycles. The molecule has 0 heterocycles. The summed E-state index contributed by atoms with van der Waals surface area (Å²) in [4.78, 5) is 0. The van der Waals surface area contributed by atoms with Crippen LogP contribution in [0.25, 0.3) is 98.7 Å². The highest BCUT2D eigenvalue weighted by Gasteiger charge is 2.34. The van der Waals surface area contributed by atoms with Crippen LogP contribution < -0.4 is 15.9 Å². The van der Waals surface area contributed by atoms with E-state index in [1.54, 1.807) is 0 Å². The molecule has 1 nitrogen and oxygen atoms in total. The fraction of sp³-hybridized carbons (Fsp3) is 0. The van der Waals surface area contributed by atoms with Crippen molar-refractivity contribution in [1.29, 1.82) is 0 Å². The van der Waals surface area contributed by atoms with E-state index in [-0.39, 0.29) is 0 Å². The first-order chi connectivity index (χ1) is 29.7. The highest BCUT2D eigenvalue weighted by molar-refractivity contribution is 7.85. The van der Waals surface area contributed by atoms with E-state index >= 15 is 4.57 Å². The van der Waals surface area contributed by atoms with Gasteiger partial charge in [0.25, 0.3) is 0 Å². The fourth-order valence-corrected chi connectivity index (χ4v) is 13.0. The Morgan fingerprint density at radius 2 is 0.733 bits per heavy atom. The standard InChI is InChI=1S/C58H37OP/c59-60(55-28-13-11-20-43(55)39-16-3-1-4-17-39,56-29-14-12-21-44(56)40-18-5-2-6-19-40)42-33-30-38(31-34-42)41-32-35-50-52(36-41)46-23-8-10-25-48(46)54-37-53-47-24-9-7-22-45(47)49-26-15-27-51(57(49)53)58(50)54/h1-37H. The predicted octanol–water partition coefficient (Wildman–Crippen LogP) is 14.6. The van der Waals surface area contributed by atoms with Gasteiger partial charge < -0.3 is 4.57 Å². The van der Waals surface area contributed by atoms with Crippen LogP contribution in [0.3, 0.4) is 0 Å². The van der Waals surface area contributed by atoms with Crippen LogP contribution >= 0.6 is 7.14 Å². The maximum atomic E-state index is 16.5. The van der Waals surface area contributed by atoms with Crippen molar-refractivity contribution in [2.75, 3.05) is 0 Å². The lowest BCUT2D eigenvalue weighted by atomic mass is 9.88. The van der Waals surface area contributed by atoms with Crippen LogP contribution in [0.1, 0.15) is 0 Å². The third-order valence-electron chi connectivity index (χ3n) is 12.7. The molecule has 2 heteroatoms. The fourth-order valence-electron chi connectivity index (χ4n) is 9.99. The summed E-state index contributed by atoms with van der Waals surface area (Å²) in [7, 11) is -3.44. The van der Waals surface area contributed by atoms with Crippen molar-refractivity contribution in [3.63, 3.8) is 0 Å². The van der Waals surface area contributed by atoms with Crippen molar-refractivity contribution in [2.24, 2.45) is 0 Å². The summed E-state index contributed by atoms with van der Waals surface area (Å²) in [6.07, 6.45) is 0. The number of hydrogen-bond donors (Lipinski definition) is 0. The lowest BCUT2D eigenvalue weighted by Crippen LogP contribution is -2.27. The number of benzene rings is 11. The van der Waals surface area contributed by atoms with E-state index in [1.165, 1.54) is 65.3 Å². The van der Waals surface area contributed by atoms with Gasteiger partial charge in [-0.05, 0) is 111 Å². The molecule has 0 N–H and O–H groups in total. The molecule has 0 saturated carbocycles. The molecule has 0 amide bonds. The van der Waals surface area contributed by atoms with Crippen LogP contribution in [0.4, 0.5) is 0 Å². The Morgan fingerprint density at radius 1 is 0.250 bits per heavy atom. The van der Waals surface area contributed by atoms with E-state index in [0.29, 0.717) is 0 Å². The first kappa shape index (κ1) is 34.7. The Labute approximate surface area is 349 Å². The zero-order valence-electron chi connectivity index (χ0n) is 32.7. The summed E-state index contributed by atoms with van der Waals surface area (Å²) in [6, 6.07) is 79.5. The first-order valence-electron chi connectivity index (χ1n) is 20.6. The second kappa shape index (κ2) is 13.6. The van der Waals surface area contributed by atoms with Crippen LogP contribution in [0.2, 0.25) is 0 Å². The summed E-state index contributed by atoms with van der Waals surface area (Å²) >= 11 is 0. The molecule has 0 spiro atoms. The minimum absolute atomic E-state index is 0.805. The molecule has 0 aliphatic heterocycles. The van der Waals surface area contributed by atoms with E-state index in [1.807, 2.05) is 60.7 Å². The Morgan fingerprint density at radius 3 is 1.37 bits per heavy atom. The first-order valence-corrected chi connectivity index (χ1v) is 22.3. The number of hydrogen-bond acceptors (Lipinski definition) is 1. The second-order valence-electron chi connectivity index (χ2n) is 15.8. The monoisotopic (exact) mass is 780 g/mol. The molecule has 60 heavy (non-hydrogen) atoms. The molecule has 0 bridgehead atoms. The molecule has 11 aromatic rings. The zero-order valence-corrected chi connectivity index (χ0v) is 33.6. The van der Waals surface area contributed by atoms with Crippen LogP contribution in [0.15, 0.2) is 224 Å². The van der Waals surface area contributed by atoms with Crippen molar-refractivity contribution in [3.05, 3.63) is 224 Å². The average Bonchev–Trinajstić information content (AvgIpc) is 3.66. The molecule has 0 fully saturated rings. The van der Waals surface area contributed by atoms with Crippen LogP contribution in [-0.4, -0.2) is 0 Å². The molecule has 0 aromatic heterocycles. The van der Waals surface area contributed by atoms with Crippen molar-refractivity contribution in [2.45, 2.75) is 0 Å². The minimum atomic E-state index is -3.44. The quantitative estimate of drug-likeness (QED) is 0.121. The van der Waals surface area contributed by atoms with E-state index in [9.17, 15) is 0 Å². The Balaban J connectivity index is 1.05. The molecule has 11 aromatic carbocycles. The zero-order chi connectivity index (χ0) is 39.8. The van der Waals surface area contributed by atoms with Crippen molar-refractivity contribution in [3.8, 4) is 55.6 Å². The summed E-state index contributed by atoms with van der Waals surface area (Å²) in [6.45, 7) is 0. The third kappa shape index (κ3) is 5.16. The van der Waals surface area contributed by atoms with Crippen molar-refractivity contribution >= 4 is 66.1 Å². The van der Waals surface area contributed by atoms with Crippen LogP contribution in [-0.2, 0) is 4.57 Å². The number of fused-ring (bicyclic) bond motifs is 10. The highest BCUT2D eigenvalue weighted by Crippen LogP contribution is 2.52. The highest BCUT2D eigenvalue weighted by atomic mass is 31.2. The molecule has 0 atom stereocenters. The third-order valence-corrected chi connectivity index (χ3v) is 15.8. The van der Waals surface area contributed by atoms with E-state index in [0.717, 1.165) is 49.3 Å². The smallest absolute Gasteiger partial charge is 0.172 e. The summed E-state index contributed by atoms with van der Waals surface area (Å²) in [5, 5.41) is 12.7.